The van der Waals surface area contributed by atoms with Crippen molar-refractivity contribution in [1.82, 2.24) is 4.98 Å². The minimum absolute atomic E-state index is 0.180. The van der Waals surface area contributed by atoms with E-state index >= 15 is 0 Å². The summed E-state index contributed by atoms with van der Waals surface area (Å²) in [4.78, 5) is 3.19. The molecule has 1 heterocycles. The van der Waals surface area contributed by atoms with Gasteiger partial charge in [0.25, 0.3) is 0 Å². The highest BCUT2D eigenvalue weighted by molar-refractivity contribution is 5.83. The number of halogens is 1. The molecule has 3 rings (SSSR count). The number of hydrogen-bond acceptors (Lipinski definition) is 1. The first kappa shape index (κ1) is 12.7. The number of anilines is 1. The Hall–Kier alpha value is -2.29. The van der Waals surface area contributed by atoms with E-state index in [9.17, 15) is 4.39 Å². The molecule has 0 aliphatic heterocycles. The van der Waals surface area contributed by atoms with E-state index in [4.69, 9.17) is 0 Å². The van der Waals surface area contributed by atoms with Crippen LogP contribution in [0.15, 0.2) is 54.7 Å². The molecule has 0 saturated carbocycles. The Bertz CT molecular complexity index is 689. The average Bonchev–Trinajstić information content (AvgIpc) is 2.87. The summed E-state index contributed by atoms with van der Waals surface area (Å²) in [6, 6.07) is 15.0. The third kappa shape index (κ3) is 2.82. The van der Waals surface area contributed by atoms with Gasteiger partial charge in [-0.05, 0) is 48.7 Å². The van der Waals surface area contributed by atoms with E-state index in [0.717, 1.165) is 36.0 Å². The largest absolute Gasteiger partial charge is 0.385 e. The Labute approximate surface area is 117 Å². The zero-order valence-electron chi connectivity index (χ0n) is 11.2. The molecule has 0 fully saturated rings. The zero-order chi connectivity index (χ0) is 13.8. The number of nitrogens with one attached hydrogen (secondary N) is 2. The van der Waals surface area contributed by atoms with Crippen LogP contribution < -0.4 is 5.32 Å². The lowest BCUT2D eigenvalue weighted by Crippen LogP contribution is -2.02. The smallest absolute Gasteiger partial charge is 0.123 e. The average molecular weight is 268 g/mol. The first-order valence-electron chi connectivity index (χ1n) is 6.87. The van der Waals surface area contributed by atoms with E-state index < -0.39 is 0 Å². The van der Waals surface area contributed by atoms with Gasteiger partial charge in [0.1, 0.15) is 5.82 Å². The van der Waals surface area contributed by atoms with Gasteiger partial charge >= 0.3 is 0 Å². The maximum atomic E-state index is 13.3. The SMILES string of the molecule is Fc1ccc2[nH]cc(CCCNc3ccccc3)c2c1. The summed E-state index contributed by atoms with van der Waals surface area (Å²) >= 11 is 0. The number of fused-ring (bicyclic) bond motifs is 1. The van der Waals surface area contributed by atoms with Gasteiger partial charge in [-0.2, -0.15) is 0 Å². The summed E-state index contributed by atoms with van der Waals surface area (Å²) in [5.74, 6) is -0.180. The van der Waals surface area contributed by atoms with Crippen molar-refractivity contribution in [3.05, 3.63) is 66.1 Å². The van der Waals surface area contributed by atoms with Gasteiger partial charge in [0, 0.05) is 29.3 Å². The molecule has 0 unspecified atom stereocenters. The molecule has 2 nitrogen and oxygen atoms in total. The van der Waals surface area contributed by atoms with Crippen molar-refractivity contribution in [3.63, 3.8) is 0 Å². The van der Waals surface area contributed by atoms with Crippen LogP contribution in [-0.2, 0) is 6.42 Å². The van der Waals surface area contributed by atoms with Crippen LogP contribution in [0.2, 0.25) is 0 Å². The van der Waals surface area contributed by atoms with Crippen molar-refractivity contribution in [2.24, 2.45) is 0 Å². The summed E-state index contributed by atoms with van der Waals surface area (Å²) in [5, 5.41) is 4.37. The topological polar surface area (TPSA) is 27.8 Å². The van der Waals surface area contributed by atoms with Crippen molar-refractivity contribution in [3.8, 4) is 0 Å². The van der Waals surface area contributed by atoms with Crippen LogP contribution in [0.4, 0.5) is 10.1 Å². The molecular weight excluding hydrogens is 251 g/mol. The van der Waals surface area contributed by atoms with E-state index in [2.05, 4.69) is 22.4 Å². The standard InChI is InChI=1S/C17H17FN2/c18-14-8-9-17-16(11-14)13(12-20-17)5-4-10-19-15-6-2-1-3-7-15/h1-3,6-9,11-12,19-20H,4-5,10H2. The Kier molecular flexibility index (Phi) is 3.68. The second-order valence-electron chi connectivity index (χ2n) is 4.90. The Morgan fingerprint density at radius 3 is 2.75 bits per heavy atom. The van der Waals surface area contributed by atoms with Gasteiger partial charge in [-0.1, -0.05) is 18.2 Å². The van der Waals surface area contributed by atoms with Gasteiger partial charge in [-0.25, -0.2) is 4.39 Å². The fourth-order valence-electron chi connectivity index (χ4n) is 2.43. The lowest BCUT2D eigenvalue weighted by atomic mass is 10.1. The van der Waals surface area contributed by atoms with Crippen molar-refractivity contribution >= 4 is 16.6 Å². The molecule has 0 bridgehead atoms. The van der Waals surface area contributed by atoms with Gasteiger partial charge in [0.2, 0.25) is 0 Å². The lowest BCUT2D eigenvalue weighted by molar-refractivity contribution is 0.629. The van der Waals surface area contributed by atoms with Crippen molar-refractivity contribution in [2.75, 3.05) is 11.9 Å². The number of rotatable bonds is 5. The Morgan fingerprint density at radius 1 is 1.05 bits per heavy atom. The van der Waals surface area contributed by atoms with Crippen LogP contribution in [0.1, 0.15) is 12.0 Å². The number of para-hydroxylation sites is 1. The van der Waals surface area contributed by atoms with Gasteiger partial charge < -0.3 is 10.3 Å². The molecule has 0 aliphatic rings. The van der Waals surface area contributed by atoms with Crippen molar-refractivity contribution in [2.45, 2.75) is 12.8 Å². The minimum atomic E-state index is -0.180. The number of hydrogen-bond donors (Lipinski definition) is 2. The molecule has 0 amide bonds. The summed E-state index contributed by atoms with van der Waals surface area (Å²) in [7, 11) is 0. The van der Waals surface area contributed by atoms with E-state index in [1.54, 1.807) is 12.1 Å². The fourth-order valence-corrected chi connectivity index (χ4v) is 2.43. The molecule has 0 aliphatic carbocycles. The number of aromatic amines is 1. The third-order valence-electron chi connectivity index (χ3n) is 3.46. The van der Waals surface area contributed by atoms with E-state index in [1.807, 2.05) is 24.4 Å². The molecule has 2 N–H and O–H groups in total. The fraction of sp³-hybridized carbons (Fsp3) is 0.176. The van der Waals surface area contributed by atoms with Crippen LogP contribution in [0.3, 0.4) is 0 Å². The molecule has 0 atom stereocenters. The molecule has 2 aromatic carbocycles. The van der Waals surface area contributed by atoms with Crippen LogP contribution in [0.25, 0.3) is 10.9 Å². The molecule has 0 radical (unpaired) electrons. The highest BCUT2D eigenvalue weighted by Crippen LogP contribution is 2.20. The number of benzene rings is 2. The van der Waals surface area contributed by atoms with Crippen molar-refractivity contribution in [1.29, 1.82) is 0 Å². The molecule has 20 heavy (non-hydrogen) atoms. The number of aryl methyl sites for hydroxylation is 1. The lowest BCUT2D eigenvalue weighted by Gasteiger charge is -2.05. The summed E-state index contributed by atoms with van der Waals surface area (Å²) < 4.78 is 13.3. The predicted molar refractivity (Wildman–Crippen MR) is 81.5 cm³/mol. The molecule has 102 valence electrons. The molecule has 0 spiro atoms. The van der Waals surface area contributed by atoms with Gasteiger partial charge in [-0.3, -0.25) is 0 Å². The predicted octanol–water partition coefficient (Wildman–Crippen LogP) is 4.35. The molecule has 0 saturated heterocycles. The third-order valence-corrected chi connectivity index (χ3v) is 3.46. The van der Waals surface area contributed by atoms with Gasteiger partial charge in [-0.15, -0.1) is 0 Å². The summed E-state index contributed by atoms with van der Waals surface area (Å²) in [5.41, 5.74) is 3.31. The normalized spacial score (nSPS) is 10.8. The van der Waals surface area contributed by atoms with Crippen molar-refractivity contribution < 1.29 is 4.39 Å². The van der Waals surface area contributed by atoms with E-state index in [0.29, 0.717) is 0 Å². The molecular formula is C17H17FN2. The Balaban J connectivity index is 1.59. The maximum absolute atomic E-state index is 13.3. The van der Waals surface area contributed by atoms with Gasteiger partial charge in [0.05, 0.1) is 0 Å². The maximum Gasteiger partial charge on any atom is 0.123 e. The van der Waals surface area contributed by atoms with Crippen LogP contribution in [0.5, 0.6) is 0 Å². The van der Waals surface area contributed by atoms with Gasteiger partial charge in [0.15, 0.2) is 0 Å². The monoisotopic (exact) mass is 268 g/mol. The molecule has 1 aromatic heterocycles. The van der Waals surface area contributed by atoms with E-state index in [1.165, 1.54) is 11.6 Å². The van der Waals surface area contributed by atoms with Crippen LogP contribution in [-0.4, -0.2) is 11.5 Å². The highest BCUT2D eigenvalue weighted by atomic mass is 19.1. The quantitative estimate of drug-likeness (QED) is 0.661. The zero-order valence-corrected chi connectivity index (χ0v) is 11.2. The van der Waals surface area contributed by atoms with E-state index in [-0.39, 0.29) is 5.82 Å². The second-order valence-corrected chi connectivity index (χ2v) is 4.90. The Morgan fingerprint density at radius 2 is 1.90 bits per heavy atom. The van der Waals surface area contributed by atoms with Crippen LogP contribution in [0, 0.1) is 5.82 Å². The highest BCUT2D eigenvalue weighted by Gasteiger charge is 2.04. The molecule has 3 aromatic rings. The molecule has 3 heteroatoms. The van der Waals surface area contributed by atoms with Crippen LogP contribution >= 0.6 is 0 Å². The number of aromatic nitrogens is 1. The first-order chi connectivity index (χ1) is 9.83. The minimum Gasteiger partial charge on any atom is -0.385 e. The number of H-pyrrole nitrogens is 1. The summed E-state index contributed by atoms with van der Waals surface area (Å²) in [6.45, 7) is 0.909. The second kappa shape index (κ2) is 5.78. The summed E-state index contributed by atoms with van der Waals surface area (Å²) in [6.07, 6.45) is 3.92. The first-order valence-corrected chi connectivity index (χ1v) is 6.87.